The lowest BCUT2D eigenvalue weighted by atomic mass is 9.66. The van der Waals surface area contributed by atoms with Gasteiger partial charge in [-0.2, -0.15) is 8.42 Å². The minimum atomic E-state index is -3.85. The summed E-state index contributed by atoms with van der Waals surface area (Å²) in [6, 6.07) is 7.14. The second-order valence-electron chi connectivity index (χ2n) is 7.01. The Labute approximate surface area is 165 Å². The molecule has 1 atom stereocenters. The van der Waals surface area contributed by atoms with Crippen molar-refractivity contribution in [2.45, 2.75) is 37.5 Å². The first-order chi connectivity index (χ1) is 12.8. The minimum absolute atomic E-state index is 0.232. The van der Waals surface area contributed by atoms with Crippen LogP contribution in [0.3, 0.4) is 0 Å². The van der Waals surface area contributed by atoms with E-state index in [0.717, 1.165) is 59.4 Å². The van der Waals surface area contributed by atoms with Gasteiger partial charge in [0.15, 0.2) is 5.76 Å². The lowest BCUT2D eigenvalue weighted by Crippen LogP contribution is -2.38. The van der Waals surface area contributed by atoms with E-state index in [2.05, 4.69) is 22.0 Å². The Morgan fingerprint density at radius 3 is 2.89 bits per heavy atom. The van der Waals surface area contributed by atoms with Gasteiger partial charge in [0.1, 0.15) is 0 Å². The Morgan fingerprint density at radius 2 is 2.11 bits per heavy atom. The maximum Gasteiger partial charge on any atom is 0.306 e. The molecular formula is C19H18BrNO5S. The Balaban J connectivity index is 1.85. The van der Waals surface area contributed by atoms with Gasteiger partial charge in [0.05, 0.1) is 18.2 Å². The summed E-state index contributed by atoms with van der Waals surface area (Å²) >= 11 is 3.53. The summed E-state index contributed by atoms with van der Waals surface area (Å²) < 4.78 is 34.8. The molecule has 0 amide bonds. The first-order valence-electron chi connectivity index (χ1n) is 8.67. The van der Waals surface area contributed by atoms with Gasteiger partial charge in [-0.3, -0.25) is 9.79 Å². The molecule has 1 fully saturated rings. The molecule has 1 aliphatic carbocycles. The molecule has 0 bridgehead atoms. The molecule has 27 heavy (non-hydrogen) atoms. The zero-order valence-electron chi connectivity index (χ0n) is 14.7. The third-order valence-electron chi connectivity index (χ3n) is 5.15. The number of fused-ring (bicyclic) bond motifs is 3. The summed E-state index contributed by atoms with van der Waals surface area (Å²) in [4.78, 5) is 17.1. The molecule has 2 aliphatic rings. The average molecular weight is 452 g/mol. The van der Waals surface area contributed by atoms with Gasteiger partial charge in [0.2, 0.25) is 11.2 Å². The van der Waals surface area contributed by atoms with Crippen LogP contribution in [-0.4, -0.2) is 20.4 Å². The number of aliphatic imine (C=N–C) groups is 1. The van der Waals surface area contributed by atoms with Crippen molar-refractivity contribution >= 4 is 37.4 Å². The van der Waals surface area contributed by atoms with E-state index in [4.69, 9.17) is 13.6 Å². The van der Waals surface area contributed by atoms with E-state index < -0.39 is 21.0 Å². The summed E-state index contributed by atoms with van der Waals surface area (Å²) in [7, 11) is -3.85. The normalized spacial score (nSPS) is 21.3. The van der Waals surface area contributed by atoms with E-state index in [-0.39, 0.29) is 11.5 Å². The van der Waals surface area contributed by atoms with Crippen molar-refractivity contribution in [3.05, 3.63) is 56.5 Å². The number of halogens is 1. The number of hydrogen-bond acceptors (Lipinski definition) is 6. The molecule has 1 saturated carbocycles. The van der Waals surface area contributed by atoms with Crippen LogP contribution in [0.4, 0.5) is 5.69 Å². The van der Waals surface area contributed by atoms with Crippen molar-refractivity contribution in [2.24, 2.45) is 4.99 Å². The predicted octanol–water partition coefficient (Wildman–Crippen LogP) is 3.88. The van der Waals surface area contributed by atoms with Crippen LogP contribution in [0.15, 0.2) is 49.2 Å². The monoisotopic (exact) mass is 451 g/mol. The van der Waals surface area contributed by atoms with Gasteiger partial charge in [-0.25, -0.2) is 0 Å². The number of nitrogens with zero attached hydrogens (tertiary/aromatic N) is 1. The van der Waals surface area contributed by atoms with E-state index >= 15 is 0 Å². The molecule has 142 valence electrons. The van der Waals surface area contributed by atoms with Crippen LogP contribution in [0.2, 0.25) is 0 Å². The maximum atomic E-state index is 12.3. The molecule has 0 N–H and O–H groups in total. The molecule has 8 heteroatoms. The Morgan fingerprint density at radius 1 is 1.30 bits per heavy atom. The number of benzene rings is 1. The van der Waals surface area contributed by atoms with Crippen LogP contribution in [0.25, 0.3) is 0 Å². The molecule has 6 nitrogen and oxygen atoms in total. The predicted molar refractivity (Wildman–Crippen MR) is 106 cm³/mol. The van der Waals surface area contributed by atoms with E-state index in [9.17, 15) is 13.2 Å². The highest BCUT2D eigenvalue weighted by atomic mass is 79.9. The highest BCUT2D eigenvalue weighted by Crippen LogP contribution is 2.50. The van der Waals surface area contributed by atoms with Crippen LogP contribution < -0.4 is 9.61 Å². The average Bonchev–Trinajstić information content (AvgIpc) is 2.91. The lowest BCUT2D eigenvalue weighted by molar-refractivity contribution is 0.380. The molecule has 4 rings (SSSR count). The molecule has 1 aromatic heterocycles. The Bertz CT molecular complexity index is 1110. The highest BCUT2D eigenvalue weighted by Gasteiger charge is 2.46. The van der Waals surface area contributed by atoms with E-state index in [0.29, 0.717) is 6.42 Å². The van der Waals surface area contributed by atoms with Crippen LogP contribution in [-0.2, 0) is 22.0 Å². The molecule has 2 aromatic rings. The van der Waals surface area contributed by atoms with Crippen LogP contribution in [0, 0.1) is 0 Å². The van der Waals surface area contributed by atoms with Crippen molar-refractivity contribution in [2.75, 3.05) is 6.26 Å². The fraction of sp³-hybridized carbons (Fsp3) is 0.368. The van der Waals surface area contributed by atoms with Crippen LogP contribution >= 0.6 is 15.9 Å². The molecule has 0 unspecified atom stereocenters. The summed E-state index contributed by atoms with van der Waals surface area (Å²) in [5, 5.41) is 0. The second kappa shape index (κ2) is 6.60. The summed E-state index contributed by atoms with van der Waals surface area (Å²) in [6.45, 7) is 0. The van der Waals surface area contributed by atoms with Gasteiger partial charge in [-0.05, 0) is 43.0 Å². The fourth-order valence-electron chi connectivity index (χ4n) is 4.06. The van der Waals surface area contributed by atoms with Crippen molar-refractivity contribution in [1.82, 2.24) is 0 Å². The Kier molecular flexibility index (Phi) is 4.50. The zero-order valence-corrected chi connectivity index (χ0v) is 17.1. The van der Waals surface area contributed by atoms with Gasteiger partial charge in [-0.15, -0.1) is 0 Å². The first kappa shape index (κ1) is 18.4. The molecule has 0 radical (unpaired) electrons. The van der Waals surface area contributed by atoms with Crippen LogP contribution in [0.5, 0.6) is 5.75 Å². The smallest absolute Gasteiger partial charge is 0.306 e. The third-order valence-corrected chi connectivity index (χ3v) is 6.12. The second-order valence-corrected chi connectivity index (χ2v) is 9.50. The van der Waals surface area contributed by atoms with E-state index in [1.165, 1.54) is 6.26 Å². The van der Waals surface area contributed by atoms with Gasteiger partial charge in [-0.1, -0.05) is 22.4 Å². The van der Waals surface area contributed by atoms with Crippen molar-refractivity contribution < 1.29 is 17.0 Å². The molecule has 1 aliphatic heterocycles. The summed E-state index contributed by atoms with van der Waals surface area (Å²) in [6.07, 6.45) is 6.32. The van der Waals surface area contributed by atoms with E-state index in [1.54, 1.807) is 0 Å². The molecular weight excluding hydrogens is 434 g/mol. The molecule has 2 heterocycles. The van der Waals surface area contributed by atoms with Crippen LogP contribution in [0.1, 0.15) is 37.0 Å². The topological polar surface area (TPSA) is 85.9 Å². The standard InChI is InChI=1S/C19H18BrNO5S/c1-27(23,24)26-18-15(22)7-9-25-16(18)11-19-8-3-2-4-17(19)21-14-6-5-12(20)10-13(14)19/h5-7,9-10H,2-4,8,11H2,1H3/t19-/m1/s1. The minimum Gasteiger partial charge on any atom is -0.465 e. The Hall–Kier alpha value is -1.93. The quantitative estimate of drug-likeness (QED) is 0.658. The van der Waals surface area contributed by atoms with E-state index in [1.807, 2.05) is 12.1 Å². The first-order valence-corrected chi connectivity index (χ1v) is 11.3. The number of hydrogen-bond donors (Lipinski definition) is 0. The maximum absolute atomic E-state index is 12.3. The summed E-state index contributed by atoms with van der Waals surface area (Å²) in [5.74, 6) is -0.0295. The van der Waals surface area contributed by atoms with Crippen molar-refractivity contribution in [3.63, 3.8) is 0 Å². The zero-order chi connectivity index (χ0) is 19.2. The van der Waals surface area contributed by atoms with Gasteiger partial charge < -0.3 is 8.60 Å². The highest BCUT2D eigenvalue weighted by molar-refractivity contribution is 9.10. The SMILES string of the molecule is CS(=O)(=O)Oc1c(C[C@@]23CCCCC2=Nc2ccc(Br)cc23)occc1=O. The van der Waals surface area contributed by atoms with Gasteiger partial charge >= 0.3 is 10.1 Å². The van der Waals surface area contributed by atoms with Gasteiger partial charge in [0, 0.05) is 28.1 Å². The largest absolute Gasteiger partial charge is 0.465 e. The third kappa shape index (κ3) is 3.36. The van der Waals surface area contributed by atoms with Crippen molar-refractivity contribution in [1.29, 1.82) is 0 Å². The fourth-order valence-corrected chi connectivity index (χ4v) is 4.89. The molecule has 0 saturated heterocycles. The van der Waals surface area contributed by atoms with Gasteiger partial charge in [0.25, 0.3) is 0 Å². The lowest BCUT2D eigenvalue weighted by Gasteiger charge is -2.35. The molecule has 0 spiro atoms. The molecule has 1 aromatic carbocycles. The number of rotatable bonds is 4. The summed E-state index contributed by atoms with van der Waals surface area (Å²) in [5.41, 5.74) is 2.12. The van der Waals surface area contributed by atoms with Crippen molar-refractivity contribution in [3.8, 4) is 5.75 Å².